The first kappa shape index (κ1) is 21.3. The van der Waals surface area contributed by atoms with E-state index in [2.05, 4.69) is 32.7 Å². The number of carbonyl (C=O) groups is 1. The van der Waals surface area contributed by atoms with Crippen LogP contribution in [-0.2, 0) is 16.0 Å². The molecule has 2 aromatic rings. The number of morpholine rings is 1. The molecule has 156 valence electrons. The summed E-state index contributed by atoms with van der Waals surface area (Å²) in [4.78, 5) is 23.0. The number of aliphatic imine (C=N–C) groups is 1. The number of likely N-dealkylation sites (N-methyl/N-ethyl adjacent to an activating group) is 1. The van der Waals surface area contributed by atoms with Crippen molar-refractivity contribution in [3.8, 4) is 0 Å². The molecule has 1 amide bonds. The number of amides is 1. The highest BCUT2D eigenvalue weighted by atomic mass is 32.1. The third-order valence-electron chi connectivity index (χ3n) is 5.13. The largest absolute Gasteiger partial charge is 0.378 e. The van der Waals surface area contributed by atoms with Crippen LogP contribution in [0.25, 0.3) is 0 Å². The van der Waals surface area contributed by atoms with Crippen molar-refractivity contribution < 1.29 is 9.53 Å². The number of carbonyl (C=O) groups excluding carboxylic acids is 1. The monoisotopic (exact) mass is 414 g/mol. The van der Waals surface area contributed by atoms with Gasteiger partial charge in [0.15, 0.2) is 5.96 Å². The Morgan fingerprint density at radius 1 is 1.24 bits per heavy atom. The Balaban J connectivity index is 1.64. The molecule has 1 unspecified atom stereocenters. The summed E-state index contributed by atoms with van der Waals surface area (Å²) in [5.74, 6) is 0.692. The summed E-state index contributed by atoms with van der Waals surface area (Å²) >= 11 is 1.77. The molecule has 2 heterocycles. The highest BCUT2D eigenvalue weighted by molar-refractivity contribution is 7.09. The van der Waals surface area contributed by atoms with Crippen LogP contribution in [0.1, 0.15) is 16.4 Å². The Morgan fingerprint density at radius 3 is 2.66 bits per heavy atom. The second kappa shape index (κ2) is 11.0. The summed E-state index contributed by atoms with van der Waals surface area (Å²) in [7, 11) is 3.82. The van der Waals surface area contributed by atoms with Gasteiger partial charge in [-0.25, -0.2) is 0 Å². The van der Waals surface area contributed by atoms with E-state index in [0.29, 0.717) is 32.8 Å². The molecule has 1 aliphatic rings. The fourth-order valence-electron chi connectivity index (χ4n) is 3.45. The van der Waals surface area contributed by atoms with Gasteiger partial charge in [-0.3, -0.25) is 9.79 Å². The Morgan fingerprint density at radius 2 is 2.00 bits per heavy atom. The molecule has 7 heteroatoms. The van der Waals surface area contributed by atoms with Crippen molar-refractivity contribution in [3.63, 3.8) is 0 Å². The quantitative estimate of drug-likeness (QED) is 0.559. The molecule has 6 nitrogen and oxygen atoms in total. The predicted molar refractivity (Wildman–Crippen MR) is 119 cm³/mol. The van der Waals surface area contributed by atoms with Crippen LogP contribution in [-0.4, -0.2) is 75.2 Å². The van der Waals surface area contributed by atoms with E-state index in [9.17, 15) is 4.79 Å². The van der Waals surface area contributed by atoms with E-state index in [4.69, 9.17) is 4.74 Å². The Hall–Kier alpha value is -2.38. The second-order valence-electron chi connectivity index (χ2n) is 7.08. The molecule has 3 rings (SSSR count). The number of nitrogens with zero attached hydrogens (tertiary/aromatic N) is 3. The van der Waals surface area contributed by atoms with E-state index in [1.54, 1.807) is 18.4 Å². The average Bonchev–Trinajstić information content (AvgIpc) is 3.30. The van der Waals surface area contributed by atoms with E-state index in [-0.39, 0.29) is 11.8 Å². The Bertz CT molecular complexity index is 773. The highest BCUT2D eigenvalue weighted by Crippen LogP contribution is 2.19. The van der Waals surface area contributed by atoms with Crippen molar-refractivity contribution in [1.82, 2.24) is 15.1 Å². The smallest absolute Gasteiger partial charge is 0.232 e. The lowest BCUT2D eigenvalue weighted by molar-refractivity contribution is -0.136. The van der Waals surface area contributed by atoms with Crippen LogP contribution in [0.15, 0.2) is 52.8 Å². The normalized spacial score (nSPS) is 15.8. The minimum Gasteiger partial charge on any atom is -0.378 e. The zero-order valence-electron chi connectivity index (χ0n) is 17.2. The highest BCUT2D eigenvalue weighted by Gasteiger charge is 2.27. The van der Waals surface area contributed by atoms with E-state index in [0.717, 1.165) is 24.5 Å². The number of hydrogen-bond donors (Lipinski definition) is 1. The summed E-state index contributed by atoms with van der Waals surface area (Å²) in [6, 6.07) is 14.2. The maximum Gasteiger partial charge on any atom is 0.232 e. The van der Waals surface area contributed by atoms with Crippen LogP contribution >= 0.6 is 11.3 Å². The van der Waals surface area contributed by atoms with Crippen molar-refractivity contribution in [2.24, 2.45) is 4.99 Å². The third kappa shape index (κ3) is 6.05. The summed E-state index contributed by atoms with van der Waals surface area (Å²) in [5.41, 5.74) is 1.02. The van der Waals surface area contributed by atoms with Crippen molar-refractivity contribution in [2.45, 2.75) is 12.3 Å². The van der Waals surface area contributed by atoms with Crippen LogP contribution in [0.2, 0.25) is 0 Å². The molecular weight excluding hydrogens is 384 g/mol. The second-order valence-corrected chi connectivity index (χ2v) is 8.11. The fraction of sp³-hybridized carbons (Fsp3) is 0.455. The van der Waals surface area contributed by atoms with Crippen molar-refractivity contribution in [2.75, 3.05) is 53.5 Å². The van der Waals surface area contributed by atoms with Crippen LogP contribution in [0, 0.1) is 0 Å². The molecule has 1 atom stereocenters. The van der Waals surface area contributed by atoms with Crippen LogP contribution in [0.3, 0.4) is 0 Å². The number of benzene rings is 1. The van der Waals surface area contributed by atoms with Gasteiger partial charge in [-0.15, -0.1) is 11.3 Å². The first-order valence-electron chi connectivity index (χ1n) is 10.0. The molecule has 0 spiro atoms. The molecule has 1 aliphatic heterocycles. The van der Waals surface area contributed by atoms with Gasteiger partial charge >= 0.3 is 0 Å². The molecule has 0 aliphatic carbocycles. The average molecular weight is 415 g/mol. The van der Waals surface area contributed by atoms with Crippen molar-refractivity contribution >= 4 is 23.2 Å². The molecule has 1 aromatic heterocycles. The van der Waals surface area contributed by atoms with Gasteiger partial charge in [-0.1, -0.05) is 36.4 Å². The first-order valence-corrected chi connectivity index (χ1v) is 10.9. The first-order chi connectivity index (χ1) is 14.2. The third-order valence-corrected chi connectivity index (χ3v) is 6.07. The van der Waals surface area contributed by atoms with Gasteiger partial charge in [0.2, 0.25) is 5.91 Å². The summed E-state index contributed by atoms with van der Waals surface area (Å²) < 4.78 is 5.41. The fourth-order valence-corrected chi connectivity index (χ4v) is 4.15. The number of hydrogen-bond acceptors (Lipinski definition) is 4. The van der Waals surface area contributed by atoms with E-state index in [1.807, 2.05) is 42.3 Å². The van der Waals surface area contributed by atoms with Crippen LogP contribution < -0.4 is 5.32 Å². The minimum absolute atomic E-state index is 0.142. The van der Waals surface area contributed by atoms with Crippen molar-refractivity contribution in [3.05, 3.63) is 58.3 Å². The lowest BCUT2D eigenvalue weighted by Crippen LogP contribution is -2.47. The lowest BCUT2D eigenvalue weighted by atomic mass is 9.97. The van der Waals surface area contributed by atoms with Crippen molar-refractivity contribution in [1.29, 1.82) is 0 Å². The topological polar surface area (TPSA) is 57.2 Å². The maximum atomic E-state index is 13.2. The lowest BCUT2D eigenvalue weighted by Gasteiger charge is -2.31. The summed E-state index contributed by atoms with van der Waals surface area (Å²) in [5, 5.41) is 5.52. The SMILES string of the molecule is CN=C(NCC(C(=O)N1CCOCC1)c1ccccc1)N(C)CCc1cccs1. The Labute approximate surface area is 177 Å². The standard InChI is InChI=1S/C22H30N4O2S/c1-23-22(25(2)11-10-19-9-6-16-29-19)24-17-20(18-7-4-3-5-8-18)21(27)26-12-14-28-15-13-26/h3-9,16,20H,10-15,17H2,1-2H3,(H,23,24). The van der Waals surface area contributed by atoms with Crippen LogP contribution in [0.5, 0.6) is 0 Å². The van der Waals surface area contributed by atoms with Gasteiger partial charge in [-0.05, 0) is 23.4 Å². The van der Waals surface area contributed by atoms with Crippen LogP contribution in [0.4, 0.5) is 0 Å². The number of guanidine groups is 1. The molecule has 0 bridgehead atoms. The molecular formula is C22H30N4O2S. The zero-order valence-corrected chi connectivity index (χ0v) is 18.0. The van der Waals surface area contributed by atoms with Gasteiger partial charge in [-0.2, -0.15) is 0 Å². The molecule has 0 radical (unpaired) electrons. The molecule has 1 N–H and O–H groups in total. The Kier molecular flexibility index (Phi) is 8.07. The summed E-state index contributed by atoms with van der Waals surface area (Å²) in [6.07, 6.45) is 0.976. The molecule has 29 heavy (non-hydrogen) atoms. The zero-order chi connectivity index (χ0) is 20.5. The number of nitrogens with one attached hydrogen (secondary N) is 1. The number of rotatable bonds is 7. The van der Waals surface area contributed by atoms with E-state index < -0.39 is 0 Å². The van der Waals surface area contributed by atoms with E-state index in [1.165, 1.54) is 4.88 Å². The van der Waals surface area contributed by atoms with Gasteiger partial charge in [0.05, 0.1) is 19.1 Å². The van der Waals surface area contributed by atoms with Gasteiger partial charge in [0.25, 0.3) is 0 Å². The molecule has 1 aromatic carbocycles. The summed E-state index contributed by atoms with van der Waals surface area (Å²) in [6.45, 7) is 3.89. The van der Waals surface area contributed by atoms with E-state index >= 15 is 0 Å². The molecule has 1 saturated heterocycles. The number of ether oxygens (including phenoxy) is 1. The maximum absolute atomic E-state index is 13.2. The molecule has 1 fully saturated rings. The predicted octanol–water partition coefficient (Wildman–Crippen LogP) is 2.44. The minimum atomic E-state index is -0.253. The van der Waals surface area contributed by atoms with Gasteiger partial charge in [0.1, 0.15) is 0 Å². The molecule has 0 saturated carbocycles. The van der Waals surface area contributed by atoms with Gasteiger partial charge < -0.3 is 19.9 Å². The van der Waals surface area contributed by atoms with Gasteiger partial charge in [0, 0.05) is 45.2 Å². The number of thiophene rings is 1.